The number of hydrogen-bond acceptors (Lipinski definition) is 6. The van der Waals surface area contributed by atoms with Crippen molar-refractivity contribution in [2.45, 2.75) is 37.6 Å². The number of para-hydroxylation sites is 1. The third-order valence-electron chi connectivity index (χ3n) is 6.21. The first-order valence-corrected chi connectivity index (χ1v) is 12.0. The number of pyridine rings is 1. The van der Waals surface area contributed by atoms with Crippen LogP contribution < -0.4 is 10.1 Å². The zero-order chi connectivity index (χ0) is 26.4. The molecule has 0 saturated carbocycles. The normalized spacial score (nSPS) is 16.2. The highest BCUT2D eigenvalue weighted by Crippen LogP contribution is 2.31. The third kappa shape index (κ3) is 6.67. The number of halogens is 2. The van der Waals surface area contributed by atoms with Crippen LogP contribution in [0.4, 0.5) is 8.78 Å². The van der Waals surface area contributed by atoms with Gasteiger partial charge in [0.1, 0.15) is 5.75 Å². The zero-order valence-corrected chi connectivity index (χ0v) is 20.4. The molecular weight excluding hydrogens is 484 g/mol. The fourth-order valence-electron chi connectivity index (χ4n) is 4.47. The Balaban J connectivity index is 1.57. The molecule has 1 amide bonds. The van der Waals surface area contributed by atoms with Crippen molar-refractivity contribution in [2.24, 2.45) is 0 Å². The smallest absolute Gasteiger partial charge is 0.305 e. The van der Waals surface area contributed by atoms with E-state index in [0.29, 0.717) is 35.8 Å². The summed E-state index contributed by atoms with van der Waals surface area (Å²) in [6, 6.07) is 13.4. The molecule has 0 spiro atoms. The van der Waals surface area contributed by atoms with Crippen LogP contribution in [0.5, 0.6) is 5.75 Å². The van der Waals surface area contributed by atoms with Gasteiger partial charge < -0.3 is 15.2 Å². The topological polar surface area (TPSA) is 110 Å². The standard InChI is InChI=1S/C26H29F2N5O4/c1-37-22-8-3-2-7-19(22)21-16-20(31-33(21)23-9-4-5-12-29-23)25(36)30-18(15-24(34)35)10-14-32-13-6-11-26(27,28)17-32/h2-5,7-9,12,16,18H,6,10-11,13-15,17H2,1H3,(H,30,36)(H,34,35)/t18-/m0/s1. The molecule has 37 heavy (non-hydrogen) atoms. The number of alkyl halides is 2. The van der Waals surface area contributed by atoms with Crippen molar-refractivity contribution < 1.29 is 28.2 Å². The van der Waals surface area contributed by atoms with Crippen molar-refractivity contribution >= 4 is 11.9 Å². The lowest BCUT2D eigenvalue weighted by atomic mass is 10.1. The molecule has 1 saturated heterocycles. The molecular formula is C26H29F2N5O4. The first-order valence-electron chi connectivity index (χ1n) is 12.0. The lowest BCUT2D eigenvalue weighted by molar-refractivity contribution is -0.137. The van der Waals surface area contributed by atoms with Gasteiger partial charge in [-0.2, -0.15) is 5.10 Å². The van der Waals surface area contributed by atoms with Crippen molar-refractivity contribution in [2.75, 3.05) is 26.7 Å². The molecule has 9 nitrogen and oxygen atoms in total. The van der Waals surface area contributed by atoms with Crippen LogP contribution in [-0.4, -0.2) is 75.4 Å². The van der Waals surface area contributed by atoms with Crippen molar-refractivity contribution in [1.29, 1.82) is 0 Å². The number of carboxylic acids is 1. The number of piperidine rings is 1. The number of nitrogens with one attached hydrogen (secondary N) is 1. The van der Waals surface area contributed by atoms with Gasteiger partial charge in [-0.05, 0) is 49.7 Å². The minimum Gasteiger partial charge on any atom is -0.496 e. The minimum atomic E-state index is -2.75. The summed E-state index contributed by atoms with van der Waals surface area (Å²) in [4.78, 5) is 30.6. The van der Waals surface area contributed by atoms with Crippen LogP contribution in [0.3, 0.4) is 0 Å². The number of aromatic nitrogens is 3. The van der Waals surface area contributed by atoms with E-state index < -0.39 is 23.8 Å². The fourth-order valence-corrected chi connectivity index (χ4v) is 4.47. The van der Waals surface area contributed by atoms with Crippen molar-refractivity contribution in [3.05, 3.63) is 60.4 Å². The van der Waals surface area contributed by atoms with Crippen LogP contribution in [0.25, 0.3) is 17.1 Å². The molecule has 0 aliphatic carbocycles. The maximum Gasteiger partial charge on any atom is 0.305 e. The Morgan fingerprint density at radius 3 is 2.70 bits per heavy atom. The quantitative estimate of drug-likeness (QED) is 0.426. The number of rotatable bonds is 10. The summed E-state index contributed by atoms with van der Waals surface area (Å²) >= 11 is 0. The van der Waals surface area contributed by atoms with Gasteiger partial charge in [0.15, 0.2) is 11.5 Å². The summed E-state index contributed by atoms with van der Waals surface area (Å²) in [6.07, 6.45) is 1.71. The zero-order valence-electron chi connectivity index (χ0n) is 20.4. The molecule has 2 N–H and O–H groups in total. The van der Waals surface area contributed by atoms with Gasteiger partial charge >= 0.3 is 5.97 Å². The Kier molecular flexibility index (Phi) is 8.12. The average Bonchev–Trinajstić information content (AvgIpc) is 3.32. The van der Waals surface area contributed by atoms with Crippen LogP contribution in [0, 0.1) is 0 Å². The van der Waals surface area contributed by atoms with Gasteiger partial charge in [-0.3, -0.25) is 14.5 Å². The Bertz CT molecular complexity index is 1230. The predicted octanol–water partition coefficient (Wildman–Crippen LogP) is 3.64. The summed E-state index contributed by atoms with van der Waals surface area (Å²) in [5, 5.41) is 16.6. The van der Waals surface area contributed by atoms with Crippen molar-refractivity contribution in [3.8, 4) is 22.8 Å². The van der Waals surface area contributed by atoms with Crippen molar-refractivity contribution in [3.63, 3.8) is 0 Å². The molecule has 0 bridgehead atoms. The molecule has 196 valence electrons. The van der Waals surface area contributed by atoms with Crippen LogP contribution in [0.1, 0.15) is 36.2 Å². The number of aliphatic carboxylic acids is 1. The monoisotopic (exact) mass is 513 g/mol. The van der Waals surface area contributed by atoms with E-state index >= 15 is 0 Å². The van der Waals surface area contributed by atoms with Gasteiger partial charge in [-0.1, -0.05) is 18.2 Å². The molecule has 11 heteroatoms. The van der Waals surface area contributed by atoms with E-state index in [0.717, 1.165) is 0 Å². The van der Waals surface area contributed by atoms with Gasteiger partial charge in [0.05, 0.1) is 25.8 Å². The second kappa shape index (κ2) is 11.5. The number of carbonyl (C=O) groups excluding carboxylic acids is 1. The van der Waals surface area contributed by atoms with Gasteiger partial charge in [0, 0.05) is 30.8 Å². The molecule has 2 aromatic heterocycles. The second-order valence-electron chi connectivity index (χ2n) is 9.01. The molecule has 1 aliphatic rings. The van der Waals surface area contributed by atoms with Crippen LogP contribution in [0.15, 0.2) is 54.7 Å². The van der Waals surface area contributed by atoms with E-state index in [2.05, 4.69) is 15.4 Å². The number of hydrogen-bond donors (Lipinski definition) is 2. The van der Waals surface area contributed by atoms with Crippen molar-refractivity contribution in [1.82, 2.24) is 25.0 Å². The molecule has 1 fully saturated rings. The number of carbonyl (C=O) groups is 2. The molecule has 1 aromatic carbocycles. The van der Waals surface area contributed by atoms with E-state index in [1.165, 1.54) is 4.68 Å². The molecule has 0 unspecified atom stereocenters. The van der Waals surface area contributed by atoms with E-state index in [4.69, 9.17) is 4.74 Å². The molecule has 4 rings (SSSR count). The minimum absolute atomic E-state index is 0.0615. The van der Waals surface area contributed by atoms with Gasteiger partial charge in [-0.15, -0.1) is 0 Å². The summed E-state index contributed by atoms with van der Waals surface area (Å²) in [5.41, 5.74) is 1.31. The molecule has 3 heterocycles. The molecule has 3 aromatic rings. The van der Waals surface area contributed by atoms with Crippen LogP contribution in [-0.2, 0) is 4.79 Å². The summed E-state index contributed by atoms with van der Waals surface area (Å²) < 4.78 is 34.5. The molecule has 1 aliphatic heterocycles. The number of nitrogens with zero attached hydrogens (tertiary/aromatic N) is 4. The third-order valence-corrected chi connectivity index (χ3v) is 6.21. The number of amides is 1. The van der Waals surface area contributed by atoms with E-state index in [1.54, 1.807) is 48.5 Å². The highest BCUT2D eigenvalue weighted by atomic mass is 19.3. The average molecular weight is 514 g/mol. The highest BCUT2D eigenvalue weighted by molar-refractivity contribution is 5.94. The van der Waals surface area contributed by atoms with E-state index in [-0.39, 0.29) is 38.0 Å². The number of likely N-dealkylation sites (tertiary alicyclic amines) is 1. The second-order valence-corrected chi connectivity index (χ2v) is 9.01. The molecule has 1 atom stereocenters. The number of methoxy groups -OCH3 is 1. The first kappa shape index (κ1) is 26.2. The lowest BCUT2D eigenvalue weighted by Crippen LogP contribution is -2.45. The van der Waals surface area contributed by atoms with Crippen LogP contribution >= 0.6 is 0 Å². The summed E-state index contributed by atoms with van der Waals surface area (Å²) in [6.45, 7) is 0.403. The maximum atomic E-state index is 13.8. The Morgan fingerprint density at radius 1 is 1.22 bits per heavy atom. The predicted molar refractivity (Wildman–Crippen MR) is 132 cm³/mol. The van der Waals surface area contributed by atoms with E-state index in [9.17, 15) is 23.5 Å². The fraction of sp³-hybridized carbons (Fsp3) is 0.385. The highest BCUT2D eigenvalue weighted by Gasteiger charge is 2.35. The Labute approximate surface area is 213 Å². The van der Waals surface area contributed by atoms with Gasteiger partial charge in [0.25, 0.3) is 11.8 Å². The summed E-state index contributed by atoms with van der Waals surface area (Å²) in [5.74, 6) is -3.36. The Hall–Kier alpha value is -3.86. The largest absolute Gasteiger partial charge is 0.496 e. The Morgan fingerprint density at radius 2 is 2.00 bits per heavy atom. The summed E-state index contributed by atoms with van der Waals surface area (Å²) in [7, 11) is 1.54. The SMILES string of the molecule is COc1ccccc1-c1cc(C(=O)N[C@@H](CCN2CCCC(F)(F)C2)CC(=O)O)nn1-c1ccccn1. The van der Waals surface area contributed by atoms with E-state index in [1.807, 2.05) is 18.2 Å². The number of ether oxygens (including phenoxy) is 1. The lowest BCUT2D eigenvalue weighted by Gasteiger charge is -2.33. The van der Waals surface area contributed by atoms with Gasteiger partial charge in [0.2, 0.25) is 0 Å². The first-order chi connectivity index (χ1) is 17.8. The van der Waals surface area contributed by atoms with Crippen LogP contribution in [0.2, 0.25) is 0 Å². The number of benzene rings is 1. The molecule has 0 radical (unpaired) electrons. The number of carboxylic acid groups (broad SMARTS) is 1. The van der Waals surface area contributed by atoms with Gasteiger partial charge in [-0.25, -0.2) is 18.4 Å². The maximum absolute atomic E-state index is 13.8.